The Bertz CT molecular complexity index is 666. The molecule has 21 heavy (non-hydrogen) atoms. The molecular weight excluding hydrogens is 266 g/mol. The Kier molecular flexibility index (Phi) is 3.44. The third-order valence-electron chi connectivity index (χ3n) is 3.50. The molecule has 3 rings (SSSR count). The number of rotatable bonds is 3. The van der Waals surface area contributed by atoms with Crippen LogP contribution in [0.1, 0.15) is 22.8 Å². The summed E-state index contributed by atoms with van der Waals surface area (Å²) >= 11 is 0. The number of para-hydroxylation sites is 1. The summed E-state index contributed by atoms with van der Waals surface area (Å²) in [6.45, 7) is 1.51. The molecule has 0 saturated carbocycles. The first-order valence-corrected chi connectivity index (χ1v) is 6.80. The molecule has 0 saturated heterocycles. The van der Waals surface area contributed by atoms with E-state index in [0.29, 0.717) is 17.7 Å². The number of anilines is 1. The standard InChI is InChI=1S/C17H15NO3/c1-11(19)12-6-8-14(9-7-12)18-17(20)16-10-13-4-2-3-5-15(13)21-16/h2-9,16H,10H2,1H3,(H,18,20)/t16-/m0/s1. The molecule has 2 aromatic rings. The molecule has 0 aliphatic carbocycles. The van der Waals surface area contributed by atoms with Gasteiger partial charge in [-0.2, -0.15) is 0 Å². The average Bonchev–Trinajstić information content (AvgIpc) is 2.92. The third-order valence-corrected chi connectivity index (χ3v) is 3.50. The molecule has 1 N–H and O–H groups in total. The van der Waals surface area contributed by atoms with Gasteiger partial charge in [0.25, 0.3) is 5.91 Å². The van der Waals surface area contributed by atoms with Gasteiger partial charge < -0.3 is 10.1 Å². The molecule has 1 heterocycles. The van der Waals surface area contributed by atoms with Crippen LogP contribution in [0.3, 0.4) is 0 Å². The van der Waals surface area contributed by atoms with Crippen molar-refractivity contribution in [1.29, 1.82) is 0 Å². The number of nitrogens with one attached hydrogen (secondary N) is 1. The van der Waals surface area contributed by atoms with E-state index in [2.05, 4.69) is 5.32 Å². The summed E-state index contributed by atoms with van der Waals surface area (Å²) in [6.07, 6.45) is 0.0722. The zero-order valence-corrected chi connectivity index (χ0v) is 11.6. The van der Waals surface area contributed by atoms with E-state index in [0.717, 1.165) is 11.3 Å². The Balaban J connectivity index is 1.66. The fraction of sp³-hybridized carbons (Fsp3) is 0.176. The van der Waals surface area contributed by atoms with E-state index in [4.69, 9.17) is 4.74 Å². The maximum atomic E-state index is 12.2. The molecule has 1 aliphatic rings. The molecule has 4 heteroatoms. The molecule has 2 aromatic carbocycles. The van der Waals surface area contributed by atoms with Crippen molar-refractivity contribution < 1.29 is 14.3 Å². The second-order valence-corrected chi connectivity index (χ2v) is 5.04. The predicted molar refractivity (Wildman–Crippen MR) is 79.6 cm³/mol. The highest BCUT2D eigenvalue weighted by atomic mass is 16.5. The van der Waals surface area contributed by atoms with Crippen LogP contribution in [-0.2, 0) is 11.2 Å². The highest BCUT2D eigenvalue weighted by molar-refractivity contribution is 5.97. The topological polar surface area (TPSA) is 55.4 Å². The largest absolute Gasteiger partial charge is 0.480 e. The van der Waals surface area contributed by atoms with Crippen molar-refractivity contribution in [2.75, 3.05) is 5.32 Å². The highest BCUT2D eigenvalue weighted by Crippen LogP contribution is 2.28. The molecule has 0 radical (unpaired) electrons. The Labute approximate surface area is 122 Å². The Morgan fingerprint density at radius 3 is 2.48 bits per heavy atom. The number of hydrogen-bond donors (Lipinski definition) is 1. The van der Waals surface area contributed by atoms with Gasteiger partial charge in [0.15, 0.2) is 11.9 Å². The smallest absolute Gasteiger partial charge is 0.265 e. The van der Waals surface area contributed by atoms with Gasteiger partial charge >= 0.3 is 0 Å². The number of carbonyl (C=O) groups is 2. The molecule has 1 aliphatic heterocycles. The van der Waals surface area contributed by atoms with E-state index in [9.17, 15) is 9.59 Å². The summed E-state index contributed by atoms with van der Waals surface area (Å²) < 4.78 is 5.64. The number of fused-ring (bicyclic) bond motifs is 1. The second-order valence-electron chi connectivity index (χ2n) is 5.04. The fourth-order valence-corrected chi connectivity index (χ4v) is 2.34. The first-order valence-electron chi connectivity index (χ1n) is 6.80. The van der Waals surface area contributed by atoms with Crippen LogP contribution in [-0.4, -0.2) is 17.8 Å². The van der Waals surface area contributed by atoms with Gasteiger partial charge in [0.05, 0.1) is 0 Å². The average molecular weight is 281 g/mol. The number of hydrogen-bond acceptors (Lipinski definition) is 3. The van der Waals surface area contributed by atoms with E-state index in [1.807, 2.05) is 24.3 Å². The highest BCUT2D eigenvalue weighted by Gasteiger charge is 2.28. The van der Waals surface area contributed by atoms with Crippen LogP contribution in [0, 0.1) is 0 Å². The van der Waals surface area contributed by atoms with Gasteiger partial charge in [-0.3, -0.25) is 9.59 Å². The van der Waals surface area contributed by atoms with Crippen molar-refractivity contribution in [3.8, 4) is 5.75 Å². The van der Waals surface area contributed by atoms with Crippen molar-refractivity contribution in [1.82, 2.24) is 0 Å². The molecule has 4 nitrogen and oxygen atoms in total. The second kappa shape index (κ2) is 5.40. The minimum absolute atomic E-state index is 0.00227. The summed E-state index contributed by atoms with van der Waals surface area (Å²) in [7, 11) is 0. The first-order chi connectivity index (χ1) is 10.1. The molecule has 0 spiro atoms. The minimum atomic E-state index is -0.505. The van der Waals surface area contributed by atoms with Gasteiger partial charge in [0, 0.05) is 17.7 Å². The molecule has 0 aromatic heterocycles. The fourth-order valence-electron chi connectivity index (χ4n) is 2.34. The van der Waals surface area contributed by atoms with Crippen molar-refractivity contribution in [3.63, 3.8) is 0 Å². The monoisotopic (exact) mass is 281 g/mol. The zero-order valence-electron chi connectivity index (χ0n) is 11.6. The number of benzene rings is 2. The Morgan fingerprint density at radius 1 is 1.10 bits per heavy atom. The van der Waals surface area contributed by atoms with Gasteiger partial charge in [-0.25, -0.2) is 0 Å². The van der Waals surface area contributed by atoms with Crippen molar-refractivity contribution in [2.45, 2.75) is 19.4 Å². The maximum absolute atomic E-state index is 12.2. The lowest BCUT2D eigenvalue weighted by atomic mass is 10.1. The van der Waals surface area contributed by atoms with Crippen LogP contribution in [0.4, 0.5) is 5.69 Å². The first kappa shape index (κ1) is 13.4. The van der Waals surface area contributed by atoms with E-state index < -0.39 is 6.10 Å². The van der Waals surface area contributed by atoms with Gasteiger partial charge in [-0.05, 0) is 42.8 Å². The van der Waals surface area contributed by atoms with E-state index in [1.54, 1.807) is 24.3 Å². The van der Waals surface area contributed by atoms with Gasteiger partial charge in [-0.15, -0.1) is 0 Å². The van der Waals surface area contributed by atoms with Gasteiger partial charge in [-0.1, -0.05) is 18.2 Å². The van der Waals surface area contributed by atoms with E-state index in [1.165, 1.54) is 6.92 Å². The van der Waals surface area contributed by atoms with E-state index in [-0.39, 0.29) is 11.7 Å². The summed E-state index contributed by atoms with van der Waals surface area (Å²) in [4.78, 5) is 23.4. The summed E-state index contributed by atoms with van der Waals surface area (Å²) in [5, 5.41) is 2.81. The van der Waals surface area contributed by atoms with Crippen molar-refractivity contribution in [3.05, 3.63) is 59.7 Å². The Hall–Kier alpha value is -2.62. The van der Waals surface area contributed by atoms with Gasteiger partial charge in [0.2, 0.25) is 0 Å². The summed E-state index contributed by atoms with van der Waals surface area (Å²) in [5.74, 6) is 0.591. The molecule has 106 valence electrons. The Morgan fingerprint density at radius 2 is 1.81 bits per heavy atom. The molecule has 0 fully saturated rings. The molecule has 1 amide bonds. The lowest BCUT2D eigenvalue weighted by Gasteiger charge is -2.11. The number of amides is 1. The number of ketones is 1. The van der Waals surface area contributed by atoms with Crippen molar-refractivity contribution >= 4 is 17.4 Å². The third kappa shape index (κ3) is 2.79. The van der Waals surface area contributed by atoms with E-state index >= 15 is 0 Å². The predicted octanol–water partition coefficient (Wildman–Crippen LogP) is 2.83. The van der Waals surface area contributed by atoms with Crippen LogP contribution in [0.25, 0.3) is 0 Å². The molecular formula is C17H15NO3. The maximum Gasteiger partial charge on any atom is 0.265 e. The van der Waals surface area contributed by atoms with Crippen LogP contribution in [0.2, 0.25) is 0 Å². The quantitative estimate of drug-likeness (QED) is 0.880. The number of carbonyl (C=O) groups excluding carboxylic acids is 2. The normalized spacial score (nSPS) is 16.0. The summed E-state index contributed by atoms with van der Waals surface area (Å²) in [5.41, 5.74) is 2.33. The van der Waals surface area contributed by atoms with Crippen LogP contribution in [0.5, 0.6) is 5.75 Å². The van der Waals surface area contributed by atoms with Crippen LogP contribution < -0.4 is 10.1 Å². The minimum Gasteiger partial charge on any atom is -0.480 e. The van der Waals surface area contributed by atoms with Crippen LogP contribution in [0.15, 0.2) is 48.5 Å². The lowest BCUT2D eigenvalue weighted by molar-refractivity contribution is -0.122. The molecule has 0 unspecified atom stereocenters. The summed E-state index contributed by atoms with van der Waals surface area (Å²) in [6, 6.07) is 14.5. The van der Waals surface area contributed by atoms with Crippen molar-refractivity contribution in [2.24, 2.45) is 0 Å². The molecule has 0 bridgehead atoms. The SMILES string of the molecule is CC(=O)c1ccc(NC(=O)[C@@H]2Cc3ccccc3O2)cc1. The number of Topliss-reactive ketones (excluding diaryl/α,β-unsaturated/α-hetero) is 1. The van der Waals surface area contributed by atoms with Gasteiger partial charge in [0.1, 0.15) is 5.75 Å². The zero-order chi connectivity index (χ0) is 14.8. The lowest BCUT2D eigenvalue weighted by Crippen LogP contribution is -2.31. The molecule has 1 atom stereocenters. The number of ether oxygens (including phenoxy) is 1. The van der Waals surface area contributed by atoms with Crippen LogP contribution >= 0.6 is 0 Å².